The maximum Gasteiger partial charge on any atom is 0.420 e. The van der Waals surface area contributed by atoms with Crippen molar-refractivity contribution in [3.8, 4) is 17.1 Å². The Labute approximate surface area is 235 Å². The molecule has 0 aliphatic carbocycles. The van der Waals surface area contributed by atoms with Gasteiger partial charge in [0.2, 0.25) is 16.0 Å². The van der Waals surface area contributed by atoms with Gasteiger partial charge in [0.1, 0.15) is 23.3 Å². The van der Waals surface area contributed by atoms with Crippen LogP contribution < -0.4 is 5.32 Å². The molecule has 0 atom stereocenters. The number of imidazole rings is 1. The van der Waals surface area contributed by atoms with Gasteiger partial charge in [-0.25, -0.2) is 27.7 Å². The summed E-state index contributed by atoms with van der Waals surface area (Å²) >= 11 is 6.56. The fraction of sp³-hybridized carbons (Fsp3) is 0.480. The molecule has 2 aromatic heterocycles. The summed E-state index contributed by atoms with van der Waals surface area (Å²) in [5.41, 5.74) is 0.228. The Morgan fingerprint density at radius 3 is 2.50 bits per heavy atom. The van der Waals surface area contributed by atoms with Gasteiger partial charge in [-0.05, 0) is 30.5 Å². The number of aromatic nitrogens is 4. The van der Waals surface area contributed by atoms with Crippen molar-refractivity contribution in [2.24, 2.45) is 0 Å². The summed E-state index contributed by atoms with van der Waals surface area (Å²) < 4.78 is 73.5. The average molecular weight is 600 g/mol. The normalized spacial score (nSPS) is 18.2. The fourth-order valence-corrected chi connectivity index (χ4v) is 6.00. The summed E-state index contributed by atoms with van der Waals surface area (Å²) in [6.07, 6.45) is 0.990. The highest BCUT2D eigenvalue weighted by atomic mass is 35.5. The van der Waals surface area contributed by atoms with E-state index < -0.39 is 21.8 Å². The zero-order chi connectivity index (χ0) is 28.5. The van der Waals surface area contributed by atoms with Crippen LogP contribution >= 0.6 is 11.6 Å². The van der Waals surface area contributed by atoms with E-state index in [0.717, 1.165) is 37.7 Å². The van der Waals surface area contributed by atoms with Gasteiger partial charge in [-0.2, -0.15) is 13.2 Å². The van der Waals surface area contributed by atoms with Crippen LogP contribution in [0.3, 0.4) is 0 Å². The number of hydrogen-bond acceptors (Lipinski definition) is 8. The van der Waals surface area contributed by atoms with Crippen LogP contribution in [0.5, 0.6) is 0 Å². The molecule has 40 heavy (non-hydrogen) atoms. The molecule has 5 rings (SSSR count). The highest BCUT2D eigenvalue weighted by molar-refractivity contribution is 7.88. The lowest BCUT2D eigenvalue weighted by atomic mass is 10.1. The number of benzene rings is 1. The third kappa shape index (κ3) is 6.74. The molecule has 2 aliphatic rings. The van der Waals surface area contributed by atoms with Crippen LogP contribution in [0.2, 0.25) is 5.02 Å². The topological polar surface area (TPSA) is 105 Å². The molecule has 15 heteroatoms. The number of morpholine rings is 1. The number of halogens is 4. The summed E-state index contributed by atoms with van der Waals surface area (Å²) in [6.45, 7) is 4.37. The van der Waals surface area contributed by atoms with Crippen LogP contribution in [0.4, 0.5) is 19.1 Å². The largest absolute Gasteiger partial charge is 0.420 e. The predicted octanol–water partition coefficient (Wildman–Crippen LogP) is 3.67. The monoisotopic (exact) mass is 599 g/mol. The van der Waals surface area contributed by atoms with Gasteiger partial charge in [-0.15, -0.1) is 0 Å². The minimum atomic E-state index is -4.70. The molecule has 0 radical (unpaired) electrons. The third-order valence-electron chi connectivity index (χ3n) is 6.98. The summed E-state index contributed by atoms with van der Waals surface area (Å²) in [7, 11) is -3.30. The molecule has 10 nitrogen and oxygen atoms in total. The predicted molar refractivity (Wildman–Crippen MR) is 144 cm³/mol. The van der Waals surface area contributed by atoms with Crippen molar-refractivity contribution in [2.45, 2.75) is 31.6 Å². The smallest absolute Gasteiger partial charge is 0.379 e. The van der Waals surface area contributed by atoms with Crippen molar-refractivity contribution < 1.29 is 26.3 Å². The lowest BCUT2D eigenvalue weighted by Gasteiger charge is -2.30. The van der Waals surface area contributed by atoms with E-state index in [9.17, 15) is 21.6 Å². The van der Waals surface area contributed by atoms with E-state index in [-0.39, 0.29) is 23.4 Å². The second kappa shape index (κ2) is 11.6. The van der Waals surface area contributed by atoms with E-state index in [2.05, 4.69) is 25.2 Å². The Kier molecular flexibility index (Phi) is 8.34. The molecule has 216 valence electrons. The van der Waals surface area contributed by atoms with Gasteiger partial charge in [0.25, 0.3) is 0 Å². The summed E-state index contributed by atoms with van der Waals surface area (Å²) in [5, 5.41) is 3.49. The molecule has 1 N–H and O–H groups in total. The number of hydrogen-bond donors (Lipinski definition) is 1. The third-order valence-corrected chi connectivity index (χ3v) is 8.58. The lowest BCUT2D eigenvalue weighted by molar-refractivity contribution is -0.137. The van der Waals surface area contributed by atoms with E-state index >= 15 is 0 Å². The maximum absolute atomic E-state index is 13.9. The van der Waals surface area contributed by atoms with Gasteiger partial charge in [-0.1, -0.05) is 17.7 Å². The standard InChI is InChI=1S/C25H29ClF3N7O3S/c1-40(37,38)36-6-4-18(5-7-36)32-24-30-13-19(25(27,28)29)23(33-24)21-15-35(16-31-21)22-3-2-17(12-20(22)26)14-34-8-10-39-11-9-34/h2-3,12-13,15-16,18H,4-11,14H2,1H3,(H,30,32,33). The van der Waals surface area contributed by atoms with Gasteiger partial charge in [0.15, 0.2) is 0 Å². The number of sulfonamides is 1. The van der Waals surface area contributed by atoms with E-state index in [1.165, 1.54) is 16.8 Å². The van der Waals surface area contributed by atoms with Crippen LogP contribution in [-0.2, 0) is 27.5 Å². The first-order valence-electron chi connectivity index (χ1n) is 12.8. The van der Waals surface area contributed by atoms with Crippen LogP contribution in [0.1, 0.15) is 24.0 Å². The molecule has 2 fully saturated rings. The molecule has 1 aromatic carbocycles. The quantitative estimate of drug-likeness (QED) is 0.439. The number of nitrogens with one attached hydrogen (secondary N) is 1. The lowest BCUT2D eigenvalue weighted by Crippen LogP contribution is -2.42. The van der Waals surface area contributed by atoms with Crippen molar-refractivity contribution in [3.63, 3.8) is 0 Å². The molecule has 3 aromatic rings. The van der Waals surface area contributed by atoms with Crippen LogP contribution in [0.25, 0.3) is 17.1 Å². The number of nitrogens with zero attached hydrogens (tertiary/aromatic N) is 6. The summed E-state index contributed by atoms with van der Waals surface area (Å²) in [4.78, 5) is 14.5. The number of ether oxygens (including phenoxy) is 1. The molecule has 2 saturated heterocycles. The molecule has 0 bridgehead atoms. The Bertz CT molecular complexity index is 1450. The first-order valence-corrected chi connectivity index (χ1v) is 15.0. The average Bonchev–Trinajstić information content (AvgIpc) is 3.38. The molecule has 2 aliphatic heterocycles. The molecule has 0 spiro atoms. The van der Waals surface area contributed by atoms with E-state index in [1.807, 2.05) is 18.2 Å². The van der Waals surface area contributed by atoms with Gasteiger partial charge < -0.3 is 14.6 Å². The first-order chi connectivity index (χ1) is 19.0. The van der Waals surface area contributed by atoms with Crippen molar-refractivity contribution in [3.05, 3.63) is 53.1 Å². The zero-order valence-electron chi connectivity index (χ0n) is 21.7. The van der Waals surface area contributed by atoms with Gasteiger partial charge >= 0.3 is 6.18 Å². The van der Waals surface area contributed by atoms with Crippen molar-refractivity contribution in [1.29, 1.82) is 0 Å². The number of anilines is 1. The number of piperidine rings is 1. The van der Waals surface area contributed by atoms with Crippen LogP contribution in [0, 0.1) is 0 Å². The van der Waals surface area contributed by atoms with Crippen molar-refractivity contribution >= 4 is 27.6 Å². The number of rotatable bonds is 7. The van der Waals surface area contributed by atoms with Crippen LogP contribution in [0.15, 0.2) is 36.9 Å². The highest BCUT2D eigenvalue weighted by Gasteiger charge is 2.36. The Balaban J connectivity index is 1.36. The van der Waals surface area contributed by atoms with Crippen molar-refractivity contribution in [1.82, 2.24) is 28.7 Å². The van der Waals surface area contributed by atoms with Crippen molar-refractivity contribution in [2.75, 3.05) is 51.0 Å². The van der Waals surface area contributed by atoms with E-state index in [1.54, 1.807) is 4.57 Å². The molecule has 0 saturated carbocycles. The Morgan fingerprint density at radius 2 is 1.85 bits per heavy atom. The molecule has 0 unspecified atom stereocenters. The molecule has 0 amide bonds. The maximum atomic E-state index is 13.9. The van der Waals surface area contributed by atoms with Gasteiger partial charge in [0, 0.05) is 51.2 Å². The SMILES string of the molecule is CS(=O)(=O)N1CCC(Nc2ncc(C(F)(F)F)c(-c3cn(-c4ccc(CN5CCOCC5)cc4Cl)cn3)n2)CC1. The summed E-state index contributed by atoms with van der Waals surface area (Å²) in [6, 6.07) is 5.40. The zero-order valence-corrected chi connectivity index (χ0v) is 23.3. The molecular formula is C25H29ClF3N7O3S. The Morgan fingerprint density at radius 1 is 1.12 bits per heavy atom. The number of alkyl halides is 3. The summed E-state index contributed by atoms with van der Waals surface area (Å²) in [5.74, 6) is 0.0147. The van der Waals surface area contributed by atoms with Crippen LogP contribution in [-0.4, -0.2) is 88.8 Å². The Hall–Kier alpha value is -2.78. The highest BCUT2D eigenvalue weighted by Crippen LogP contribution is 2.36. The second-order valence-corrected chi connectivity index (χ2v) is 12.3. The van der Waals surface area contributed by atoms with Gasteiger partial charge in [-0.3, -0.25) is 4.90 Å². The fourth-order valence-electron chi connectivity index (χ4n) is 4.82. The minimum Gasteiger partial charge on any atom is -0.379 e. The second-order valence-electron chi connectivity index (χ2n) is 9.87. The minimum absolute atomic E-state index is 0.0122. The van der Waals surface area contributed by atoms with E-state index in [4.69, 9.17) is 16.3 Å². The molecule has 4 heterocycles. The van der Waals surface area contributed by atoms with E-state index in [0.29, 0.717) is 49.9 Å². The first kappa shape index (κ1) is 28.7. The van der Waals surface area contributed by atoms with Gasteiger partial charge in [0.05, 0.1) is 30.2 Å². The molecular weight excluding hydrogens is 571 g/mol.